The number of hydrogen-bond donors (Lipinski definition) is 2. The second-order valence-electron chi connectivity index (χ2n) is 7.44. The summed E-state index contributed by atoms with van der Waals surface area (Å²) >= 11 is 7.19. The van der Waals surface area contributed by atoms with Crippen LogP contribution in [0.3, 0.4) is 0 Å². The van der Waals surface area contributed by atoms with Crippen molar-refractivity contribution in [2.24, 2.45) is 0 Å². The number of benzene rings is 1. The van der Waals surface area contributed by atoms with E-state index < -0.39 is 5.91 Å². The second kappa shape index (κ2) is 8.80. The molecular formula is C19H25ClN4O2S. The summed E-state index contributed by atoms with van der Waals surface area (Å²) in [5.74, 6) is -0.341. The molecule has 1 heterocycles. The van der Waals surface area contributed by atoms with Crippen LogP contribution in [0.15, 0.2) is 35.2 Å². The van der Waals surface area contributed by atoms with Gasteiger partial charge in [0.05, 0.1) is 11.3 Å². The Balaban J connectivity index is 1.93. The van der Waals surface area contributed by atoms with Gasteiger partial charge in [-0.2, -0.15) is 5.10 Å². The summed E-state index contributed by atoms with van der Waals surface area (Å²) in [7, 11) is 0. The van der Waals surface area contributed by atoms with Crippen molar-refractivity contribution >= 4 is 35.2 Å². The predicted molar refractivity (Wildman–Crippen MR) is 109 cm³/mol. The first-order valence-corrected chi connectivity index (χ1v) is 10.0. The van der Waals surface area contributed by atoms with Crippen LogP contribution in [0.25, 0.3) is 0 Å². The van der Waals surface area contributed by atoms with Crippen LogP contribution in [0.2, 0.25) is 5.02 Å². The highest BCUT2D eigenvalue weighted by atomic mass is 35.5. The van der Waals surface area contributed by atoms with Crippen molar-refractivity contribution < 1.29 is 9.59 Å². The van der Waals surface area contributed by atoms with Crippen molar-refractivity contribution in [3.05, 3.63) is 46.7 Å². The molecule has 0 bridgehead atoms. The number of nitrogens with zero attached hydrogens (tertiary/aromatic N) is 2. The van der Waals surface area contributed by atoms with Gasteiger partial charge < -0.3 is 0 Å². The highest BCUT2D eigenvalue weighted by molar-refractivity contribution is 8.00. The fourth-order valence-corrected chi connectivity index (χ4v) is 3.19. The Kier molecular flexibility index (Phi) is 6.95. The summed E-state index contributed by atoms with van der Waals surface area (Å²) in [6, 6.07) is 8.97. The molecule has 6 nitrogen and oxygen atoms in total. The van der Waals surface area contributed by atoms with Gasteiger partial charge in [0.1, 0.15) is 0 Å². The minimum absolute atomic E-state index is 0.176. The van der Waals surface area contributed by atoms with Crippen molar-refractivity contribution in [2.45, 2.75) is 51.0 Å². The number of rotatable bonds is 5. The lowest BCUT2D eigenvalue weighted by atomic mass is 10.1. The standard InChI is InChI=1S/C19H25ClN4O2S/c1-12(2)16-10-15(23-24(16)19(3,4)5)18(26)22-21-17(25)11-27-14-8-6-13(20)7-9-14/h6-10,12H,11H2,1-5H3,(H,21,25)(H,22,26). The van der Waals surface area contributed by atoms with Gasteiger partial charge in [0, 0.05) is 15.6 Å². The maximum atomic E-state index is 12.4. The molecule has 0 spiro atoms. The summed E-state index contributed by atoms with van der Waals surface area (Å²) in [6.07, 6.45) is 0. The van der Waals surface area contributed by atoms with Crippen molar-refractivity contribution in [3.8, 4) is 0 Å². The number of hydrazine groups is 1. The van der Waals surface area contributed by atoms with Gasteiger partial charge in [-0.1, -0.05) is 25.4 Å². The number of carbonyl (C=O) groups is 2. The predicted octanol–water partition coefficient (Wildman–Crippen LogP) is 3.97. The lowest BCUT2D eigenvalue weighted by molar-refractivity contribution is -0.119. The SMILES string of the molecule is CC(C)c1cc(C(=O)NNC(=O)CSc2ccc(Cl)cc2)nn1C(C)(C)C. The summed E-state index contributed by atoms with van der Waals surface area (Å²) in [5.41, 5.74) is 5.86. The summed E-state index contributed by atoms with van der Waals surface area (Å²) < 4.78 is 1.85. The molecule has 0 saturated heterocycles. The second-order valence-corrected chi connectivity index (χ2v) is 8.92. The third-order valence-electron chi connectivity index (χ3n) is 3.70. The van der Waals surface area contributed by atoms with Crippen LogP contribution in [0, 0.1) is 0 Å². The van der Waals surface area contributed by atoms with E-state index in [0.717, 1.165) is 10.6 Å². The number of nitrogens with one attached hydrogen (secondary N) is 2. The molecule has 8 heteroatoms. The maximum absolute atomic E-state index is 12.4. The number of amides is 2. The Hall–Kier alpha value is -1.99. The highest BCUT2D eigenvalue weighted by Crippen LogP contribution is 2.23. The Labute approximate surface area is 169 Å². The van der Waals surface area contributed by atoms with E-state index in [1.165, 1.54) is 11.8 Å². The van der Waals surface area contributed by atoms with Crippen LogP contribution in [0.4, 0.5) is 0 Å². The smallest absolute Gasteiger partial charge is 0.272 e. The van der Waals surface area contributed by atoms with E-state index in [2.05, 4.69) is 29.8 Å². The number of aromatic nitrogens is 2. The average Bonchev–Trinajstić information content (AvgIpc) is 3.05. The number of hydrogen-bond acceptors (Lipinski definition) is 4. The molecule has 2 rings (SSSR count). The van der Waals surface area contributed by atoms with Crippen LogP contribution in [0.5, 0.6) is 0 Å². The van der Waals surface area contributed by atoms with E-state index in [4.69, 9.17) is 11.6 Å². The molecule has 146 valence electrons. The van der Waals surface area contributed by atoms with Gasteiger partial charge in [-0.15, -0.1) is 11.8 Å². The van der Waals surface area contributed by atoms with Gasteiger partial charge in [0.2, 0.25) is 5.91 Å². The van der Waals surface area contributed by atoms with Crippen LogP contribution in [-0.4, -0.2) is 27.3 Å². The zero-order valence-electron chi connectivity index (χ0n) is 16.2. The molecule has 0 radical (unpaired) electrons. The highest BCUT2D eigenvalue weighted by Gasteiger charge is 2.23. The molecule has 0 saturated carbocycles. The van der Waals surface area contributed by atoms with Crippen LogP contribution >= 0.6 is 23.4 Å². The lowest BCUT2D eigenvalue weighted by Gasteiger charge is -2.23. The molecule has 2 N–H and O–H groups in total. The van der Waals surface area contributed by atoms with Gasteiger partial charge >= 0.3 is 0 Å². The topological polar surface area (TPSA) is 76.0 Å². The Bertz CT molecular complexity index is 810. The molecule has 0 atom stereocenters. The minimum Gasteiger partial charge on any atom is -0.272 e. The maximum Gasteiger partial charge on any atom is 0.290 e. The van der Waals surface area contributed by atoms with E-state index in [1.807, 2.05) is 37.6 Å². The number of thioether (sulfide) groups is 1. The van der Waals surface area contributed by atoms with Crippen LogP contribution in [0.1, 0.15) is 56.7 Å². The third-order valence-corrected chi connectivity index (χ3v) is 4.96. The van der Waals surface area contributed by atoms with E-state index in [1.54, 1.807) is 18.2 Å². The molecule has 27 heavy (non-hydrogen) atoms. The minimum atomic E-state index is -0.440. The Morgan fingerprint density at radius 2 is 1.81 bits per heavy atom. The first kappa shape index (κ1) is 21.3. The molecule has 1 aromatic carbocycles. The zero-order chi connectivity index (χ0) is 20.2. The van der Waals surface area contributed by atoms with Crippen molar-refractivity contribution in [3.63, 3.8) is 0 Å². The van der Waals surface area contributed by atoms with Crippen LogP contribution < -0.4 is 10.9 Å². The molecule has 0 aliphatic rings. The van der Waals surface area contributed by atoms with Crippen LogP contribution in [-0.2, 0) is 10.3 Å². The molecule has 2 aromatic rings. The van der Waals surface area contributed by atoms with Gasteiger partial charge in [0.25, 0.3) is 5.91 Å². The first-order valence-electron chi connectivity index (χ1n) is 8.66. The van der Waals surface area contributed by atoms with Gasteiger partial charge in [0.15, 0.2) is 5.69 Å². The fraction of sp³-hybridized carbons (Fsp3) is 0.421. The van der Waals surface area contributed by atoms with Crippen molar-refractivity contribution in [1.82, 2.24) is 20.6 Å². The molecular weight excluding hydrogens is 384 g/mol. The van der Waals surface area contributed by atoms with E-state index in [0.29, 0.717) is 5.02 Å². The van der Waals surface area contributed by atoms with Gasteiger partial charge in [-0.25, -0.2) is 0 Å². The normalized spacial score (nSPS) is 11.5. The van der Waals surface area contributed by atoms with E-state index in [9.17, 15) is 9.59 Å². The summed E-state index contributed by atoms with van der Waals surface area (Å²) in [6.45, 7) is 10.2. The molecule has 0 fully saturated rings. The summed E-state index contributed by atoms with van der Waals surface area (Å²) in [5, 5.41) is 5.06. The molecule has 0 aliphatic carbocycles. The number of carbonyl (C=O) groups excluding carboxylic acids is 2. The van der Waals surface area contributed by atoms with Gasteiger partial charge in [-0.3, -0.25) is 25.1 Å². The van der Waals surface area contributed by atoms with Gasteiger partial charge in [-0.05, 0) is 57.0 Å². The molecule has 0 aliphatic heterocycles. The van der Waals surface area contributed by atoms with Crippen molar-refractivity contribution in [2.75, 3.05) is 5.75 Å². The van der Waals surface area contributed by atoms with Crippen molar-refractivity contribution in [1.29, 1.82) is 0 Å². The largest absolute Gasteiger partial charge is 0.290 e. The Morgan fingerprint density at radius 1 is 1.19 bits per heavy atom. The molecule has 1 aromatic heterocycles. The first-order chi connectivity index (χ1) is 12.6. The summed E-state index contributed by atoms with van der Waals surface area (Å²) in [4.78, 5) is 25.2. The Morgan fingerprint density at radius 3 is 2.33 bits per heavy atom. The average molecular weight is 409 g/mol. The third kappa shape index (κ3) is 6.01. The van der Waals surface area contributed by atoms with E-state index >= 15 is 0 Å². The quantitative estimate of drug-likeness (QED) is 0.579. The van der Waals surface area contributed by atoms with E-state index in [-0.39, 0.29) is 28.8 Å². The monoisotopic (exact) mass is 408 g/mol. The fourth-order valence-electron chi connectivity index (χ4n) is 2.36. The zero-order valence-corrected chi connectivity index (χ0v) is 17.7. The number of halogens is 1. The lowest BCUT2D eigenvalue weighted by Crippen LogP contribution is -2.42. The molecule has 0 unspecified atom stereocenters. The molecule has 2 amide bonds.